The van der Waals surface area contributed by atoms with Gasteiger partial charge in [0.15, 0.2) is 0 Å². The molecule has 0 aromatic rings. The summed E-state index contributed by atoms with van der Waals surface area (Å²) in [6.45, 7) is 7.81. The van der Waals surface area contributed by atoms with Gasteiger partial charge in [-0.2, -0.15) is 8.42 Å². The Morgan fingerprint density at radius 2 is 1.65 bits per heavy atom. The monoisotopic (exact) mass is 305 g/mol. The lowest BCUT2D eigenvalue weighted by Gasteiger charge is -2.23. The molecule has 0 radical (unpaired) electrons. The molecule has 0 fully saturated rings. The first-order valence-corrected chi connectivity index (χ1v) is 10.6. The maximum Gasteiger partial charge on any atom is 0.390 e. The van der Waals surface area contributed by atoms with Gasteiger partial charge in [0.2, 0.25) is 8.32 Å². The Morgan fingerprint density at radius 1 is 1.18 bits per heavy atom. The lowest BCUT2D eigenvalue weighted by atomic mass is 10.3. The summed E-state index contributed by atoms with van der Waals surface area (Å²) in [5, 5.41) is 0. The Hall–Kier alpha value is 0.157. The molecule has 0 N–H and O–H groups in total. The zero-order chi connectivity index (χ0) is 13.9. The van der Waals surface area contributed by atoms with Gasteiger partial charge in [0, 0.05) is 0 Å². The van der Waals surface area contributed by atoms with Crippen molar-refractivity contribution >= 4 is 30.1 Å². The molecular formula is C7H17O7S2Si-. The molecule has 0 aromatic carbocycles. The number of hydrogen-bond acceptors (Lipinski definition) is 7. The Bertz CT molecular complexity index is 361. The van der Waals surface area contributed by atoms with Gasteiger partial charge in [-0.1, -0.05) is 0 Å². The van der Waals surface area contributed by atoms with Gasteiger partial charge >= 0.3 is 10.4 Å². The van der Waals surface area contributed by atoms with Gasteiger partial charge < -0.3 is 4.55 Å². The van der Waals surface area contributed by atoms with Gasteiger partial charge in [0.25, 0.3) is 0 Å². The minimum absolute atomic E-state index is 0.923. The van der Waals surface area contributed by atoms with Crippen molar-refractivity contribution in [3.8, 4) is 0 Å². The second-order valence-corrected chi connectivity index (χ2v) is 10.9. The third-order valence-corrected chi connectivity index (χ3v) is 5.33. The molecule has 0 amide bonds. The Morgan fingerprint density at radius 3 is 2.00 bits per heavy atom. The highest BCUT2D eigenvalue weighted by Crippen LogP contribution is 2.14. The highest BCUT2D eigenvalue weighted by molar-refractivity contribution is 7.83. The summed E-state index contributed by atoms with van der Waals surface area (Å²) in [6.07, 6.45) is -1.89. The first-order chi connectivity index (χ1) is 7.43. The van der Waals surface area contributed by atoms with Crippen molar-refractivity contribution in [3.05, 3.63) is 0 Å². The normalized spacial score (nSPS) is 18.7. The van der Waals surface area contributed by atoms with E-state index in [1.807, 2.05) is 0 Å². The van der Waals surface area contributed by atoms with Gasteiger partial charge in [0.05, 0.1) is 17.5 Å². The summed E-state index contributed by atoms with van der Waals surface area (Å²) in [4.78, 5) is 0. The van der Waals surface area contributed by atoms with Crippen LogP contribution in [-0.4, -0.2) is 37.7 Å². The standard InChI is InChI=1S/C7H18O7S2Si/c1-6(12-15(8)9)7(2)13-16(10,11)14-17(3,4)5/h6-7H,1-5H3,(H,8,9)/p-1. The summed E-state index contributed by atoms with van der Waals surface area (Å²) in [5.74, 6) is 0. The van der Waals surface area contributed by atoms with Gasteiger partial charge in [-0.05, 0) is 33.5 Å². The van der Waals surface area contributed by atoms with Crippen LogP contribution in [0.4, 0.5) is 0 Å². The molecule has 0 saturated carbocycles. The van der Waals surface area contributed by atoms with E-state index >= 15 is 0 Å². The molecule has 17 heavy (non-hydrogen) atoms. The smallest absolute Gasteiger partial charge is 0.390 e. The molecule has 7 nitrogen and oxygen atoms in total. The van der Waals surface area contributed by atoms with Crippen molar-refractivity contribution in [2.24, 2.45) is 0 Å². The molecule has 104 valence electrons. The SMILES string of the molecule is CC(OS(=O)[O-])C(C)OS(=O)(=O)O[Si](C)(C)C. The van der Waals surface area contributed by atoms with E-state index in [9.17, 15) is 17.2 Å². The van der Waals surface area contributed by atoms with Crippen LogP contribution in [0.3, 0.4) is 0 Å². The minimum Gasteiger partial charge on any atom is -0.750 e. The second kappa shape index (κ2) is 6.36. The molecule has 0 aliphatic carbocycles. The lowest BCUT2D eigenvalue weighted by Crippen LogP contribution is -2.35. The highest BCUT2D eigenvalue weighted by Gasteiger charge is 2.28. The summed E-state index contributed by atoms with van der Waals surface area (Å²) in [5.41, 5.74) is 0. The van der Waals surface area contributed by atoms with Gasteiger partial charge in [0.1, 0.15) is 6.10 Å². The van der Waals surface area contributed by atoms with Crippen LogP contribution >= 0.6 is 0 Å². The van der Waals surface area contributed by atoms with E-state index in [1.165, 1.54) is 13.8 Å². The summed E-state index contributed by atoms with van der Waals surface area (Å²) in [7, 11) is -6.44. The highest BCUT2D eigenvalue weighted by atomic mass is 32.3. The van der Waals surface area contributed by atoms with Crippen LogP contribution in [0.5, 0.6) is 0 Å². The zero-order valence-electron chi connectivity index (χ0n) is 10.3. The average Bonchev–Trinajstić information content (AvgIpc) is 1.95. The maximum atomic E-state index is 11.4. The van der Waals surface area contributed by atoms with Crippen LogP contribution in [0.2, 0.25) is 19.6 Å². The maximum absolute atomic E-state index is 11.4. The van der Waals surface area contributed by atoms with E-state index < -0.39 is 42.3 Å². The molecule has 0 saturated heterocycles. The summed E-state index contributed by atoms with van der Waals surface area (Å²) < 4.78 is 57.2. The van der Waals surface area contributed by atoms with Crippen molar-refractivity contribution in [1.29, 1.82) is 0 Å². The van der Waals surface area contributed by atoms with E-state index in [1.54, 1.807) is 19.6 Å². The predicted molar refractivity (Wildman–Crippen MR) is 63.4 cm³/mol. The first kappa shape index (κ1) is 17.2. The van der Waals surface area contributed by atoms with Crippen molar-refractivity contribution in [2.45, 2.75) is 45.7 Å². The fourth-order valence-electron chi connectivity index (χ4n) is 0.792. The minimum atomic E-state index is -4.14. The molecule has 0 aliphatic heterocycles. The summed E-state index contributed by atoms with van der Waals surface area (Å²) >= 11 is -2.72. The van der Waals surface area contributed by atoms with E-state index in [0.717, 1.165) is 0 Å². The Labute approximate surface area is 105 Å². The fraction of sp³-hybridized carbons (Fsp3) is 1.00. The molecule has 0 aliphatic rings. The number of hydrogen-bond donors (Lipinski definition) is 0. The zero-order valence-corrected chi connectivity index (χ0v) is 13.0. The molecule has 3 unspecified atom stereocenters. The van der Waals surface area contributed by atoms with Crippen LogP contribution in [0.1, 0.15) is 13.8 Å². The average molecular weight is 305 g/mol. The molecule has 3 atom stereocenters. The third-order valence-electron chi connectivity index (χ3n) is 1.51. The van der Waals surface area contributed by atoms with Gasteiger partial charge in [-0.25, -0.2) is 8.39 Å². The Kier molecular flexibility index (Phi) is 6.42. The molecular weight excluding hydrogens is 288 g/mol. The largest absolute Gasteiger partial charge is 0.750 e. The van der Waals surface area contributed by atoms with Crippen LogP contribution in [0, 0.1) is 0 Å². The van der Waals surface area contributed by atoms with Crippen LogP contribution in [-0.2, 0) is 34.0 Å². The molecule has 0 bridgehead atoms. The fourth-order valence-corrected chi connectivity index (χ4v) is 4.33. The van der Waals surface area contributed by atoms with E-state index in [4.69, 9.17) is 3.87 Å². The third kappa shape index (κ3) is 8.82. The second-order valence-electron chi connectivity index (χ2n) is 4.41. The van der Waals surface area contributed by atoms with Crippen molar-refractivity contribution < 1.29 is 29.4 Å². The Balaban J connectivity index is 4.47. The molecule has 0 heterocycles. The van der Waals surface area contributed by atoms with Crippen LogP contribution in [0.15, 0.2) is 0 Å². The molecule has 0 rings (SSSR count). The predicted octanol–water partition coefficient (Wildman–Crippen LogP) is 0.687. The van der Waals surface area contributed by atoms with Gasteiger partial charge in [-0.15, -0.1) is 0 Å². The molecule has 0 aromatic heterocycles. The molecule has 10 heteroatoms. The number of rotatable bonds is 7. The van der Waals surface area contributed by atoms with E-state index in [0.29, 0.717) is 0 Å². The van der Waals surface area contributed by atoms with Crippen molar-refractivity contribution in [2.75, 3.05) is 0 Å². The van der Waals surface area contributed by atoms with E-state index in [2.05, 4.69) is 8.37 Å². The molecule has 0 spiro atoms. The topological polar surface area (TPSA) is 102 Å². The van der Waals surface area contributed by atoms with Crippen LogP contribution in [0.25, 0.3) is 0 Å². The van der Waals surface area contributed by atoms with Crippen molar-refractivity contribution in [3.63, 3.8) is 0 Å². The first-order valence-electron chi connectivity index (χ1n) is 4.83. The van der Waals surface area contributed by atoms with Crippen molar-refractivity contribution in [1.82, 2.24) is 0 Å². The summed E-state index contributed by atoms with van der Waals surface area (Å²) in [6, 6.07) is 0. The lowest BCUT2D eigenvalue weighted by molar-refractivity contribution is 0.0759. The van der Waals surface area contributed by atoms with Gasteiger partial charge in [-0.3, -0.25) is 8.06 Å². The van der Waals surface area contributed by atoms with E-state index in [-0.39, 0.29) is 0 Å². The van der Waals surface area contributed by atoms with Crippen LogP contribution < -0.4 is 0 Å². The quantitative estimate of drug-likeness (QED) is 0.503.